The first-order valence-electron chi connectivity index (χ1n) is 8.05. The molecule has 0 spiro atoms. The number of piperidine rings is 1. The molecule has 2 heterocycles. The molecule has 0 bridgehead atoms. The highest BCUT2D eigenvalue weighted by atomic mass is 35.5. The third kappa shape index (κ3) is 3.74. The van der Waals surface area contributed by atoms with E-state index in [2.05, 4.69) is 9.97 Å². The highest BCUT2D eigenvalue weighted by molar-refractivity contribution is 6.44. The van der Waals surface area contributed by atoms with Crippen molar-refractivity contribution in [2.75, 3.05) is 18.0 Å². The molecule has 3 rings (SSSR count). The number of primary amides is 1. The fourth-order valence-corrected chi connectivity index (χ4v) is 3.56. The van der Waals surface area contributed by atoms with Crippen LogP contribution in [0.15, 0.2) is 18.2 Å². The maximum Gasteiger partial charge on any atom is 0.268 e. The van der Waals surface area contributed by atoms with E-state index in [0.717, 1.165) is 12.8 Å². The molecule has 1 aliphatic heterocycles. The molecule has 1 aromatic heterocycles. The van der Waals surface area contributed by atoms with Crippen LogP contribution < -0.4 is 16.4 Å². The first-order chi connectivity index (χ1) is 12.2. The highest BCUT2D eigenvalue weighted by Crippen LogP contribution is 2.38. The van der Waals surface area contributed by atoms with Crippen LogP contribution >= 0.6 is 34.8 Å². The van der Waals surface area contributed by atoms with E-state index in [1.165, 1.54) is 0 Å². The molecule has 2 aromatic rings. The Morgan fingerprint density at radius 2 is 1.85 bits per heavy atom. The molecular weight excluding hydrogens is 397 g/mol. The minimum atomic E-state index is -0.720. The summed E-state index contributed by atoms with van der Waals surface area (Å²) in [6, 6.07) is 5.02. The van der Waals surface area contributed by atoms with Crippen LogP contribution in [0.1, 0.15) is 30.3 Å². The van der Waals surface area contributed by atoms with Gasteiger partial charge in [-0.15, -0.1) is 0 Å². The Hall–Kier alpha value is -1.60. The molecule has 0 saturated carbocycles. The standard InChI is InChI=1S/C17H18Cl3N5O/c1-17(22)5-7-25(8-6-17)16-23-13(15(21)26)11(14(20)24-16)9-3-2-4-10(18)12(9)19/h2-4H,5-8,22H2,1H3,(H2,21,26). The SMILES string of the molecule is CC1(N)CCN(c2nc(Cl)c(-c3cccc(Cl)c3Cl)c(C(N)=O)n2)CC1. The molecule has 1 amide bonds. The van der Waals surface area contributed by atoms with E-state index in [4.69, 9.17) is 46.3 Å². The van der Waals surface area contributed by atoms with E-state index in [0.29, 0.717) is 29.6 Å². The van der Waals surface area contributed by atoms with Crippen LogP contribution in [0.3, 0.4) is 0 Å². The van der Waals surface area contributed by atoms with Gasteiger partial charge in [-0.3, -0.25) is 4.79 Å². The van der Waals surface area contributed by atoms with Gasteiger partial charge in [-0.1, -0.05) is 46.9 Å². The highest BCUT2D eigenvalue weighted by Gasteiger charge is 2.29. The third-order valence-electron chi connectivity index (χ3n) is 4.50. The largest absolute Gasteiger partial charge is 0.364 e. The van der Waals surface area contributed by atoms with Crippen molar-refractivity contribution < 1.29 is 4.79 Å². The van der Waals surface area contributed by atoms with Crippen LogP contribution in [0.25, 0.3) is 11.1 Å². The monoisotopic (exact) mass is 413 g/mol. The lowest BCUT2D eigenvalue weighted by molar-refractivity contribution is 0.0996. The quantitative estimate of drug-likeness (QED) is 0.749. The van der Waals surface area contributed by atoms with Crippen LogP contribution in [-0.4, -0.2) is 34.5 Å². The average Bonchev–Trinajstić information content (AvgIpc) is 2.57. The summed E-state index contributed by atoms with van der Waals surface area (Å²) in [5.74, 6) is -0.372. The number of anilines is 1. The summed E-state index contributed by atoms with van der Waals surface area (Å²) >= 11 is 18.8. The molecule has 1 aromatic carbocycles. The number of aromatic nitrogens is 2. The molecule has 1 saturated heterocycles. The Morgan fingerprint density at radius 1 is 1.19 bits per heavy atom. The zero-order valence-electron chi connectivity index (χ0n) is 14.1. The number of amides is 1. The summed E-state index contributed by atoms with van der Waals surface area (Å²) in [5, 5.41) is 0.679. The summed E-state index contributed by atoms with van der Waals surface area (Å²) < 4.78 is 0. The van der Waals surface area contributed by atoms with E-state index in [9.17, 15) is 4.79 Å². The average molecular weight is 415 g/mol. The van der Waals surface area contributed by atoms with Crippen LogP contribution in [0, 0.1) is 0 Å². The summed E-state index contributed by atoms with van der Waals surface area (Å²) in [6.45, 7) is 3.34. The molecule has 1 aliphatic rings. The van der Waals surface area contributed by atoms with Crippen LogP contribution in [0.2, 0.25) is 15.2 Å². The van der Waals surface area contributed by atoms with Gasteiger partial charge in [0.05, 0.1) is 15.6 Å². The summed E-state index contributed by atoms with van der Waals surface area (Å²) in [6.07, 6.45) is 1.56. The first-order valence-corrected chi connectivity index (χ1v) is 9.18. The van der Waals surface area contributed by atoms with Crippen molar-refractivity contribution in [3.63, 3.8) is 0 Å². The summed E-state index contributed by atoms with van der Waals surface area (Å²) in [5.41, 5.74) is 12.2. The van der Waals surface area contributed by atoms with Gasteiger partial charge in [-0.25, -0.2) is 9.97 Å². The van der Waals surface area contributed by atoms with Crippen molar-refractivity contribution in [2.45, 2.75) is 25.3 Å². The molecule has 26 heavy (non-hydrogen) atoms. The zero-order chi connectivity index (χ0) is 19.1. The van der Waals surface area contributed by atoms with E-state index in [-0.39, 0.29) is 27.0 Å². The second-order valence-corrected chi connectivity index (χ2v) is 7.79. The van der Waals surface area contributed by atoms with Gasteiger partial charge in [-0.05, 0) is 25.8 Å². The fraction of sp³-hybridized carbons (Fsp3) is 0.353. The van der Waals surface area contributed by atoms with E-state index in [1.807, 2.05) is 11.8 Å². The van der Waals surface area contributed by atoms with Crippen molar-refractivity contribution in [3.8, 4) is 11.1 Å². The second-order valence-electron chi connectivity index (χ2n) is 6.64. The number of benzene rings is 1. The molecule has 1 fully saturated rings. The molecule has 0 atom stereocenters. The topological polar surface area (TPSA) is 98.1 Å². The Morgan fingerprint density at radius 3 is 2.46 bits per heavy atom. The van der Waals surface area contributed by atoms with Gasteiger partial charge in [0.15, 0.2) is 0 Å². The number of carbonyl (C=O) groups excluding carboxylic acids is 1. The molecule has 138 valence electrons. The normalized spacial score (nSPS) is 16.6. The first kappa shape index (κ1) is 19.2. The third-order valence-corrected chi connectivity index (χ3v) is 5.59. The smallest absolute Gasteiger partial charge is 0.268 e. The van der Waals surface area contributed by atoms with Gasteiger partial charge in [0, 0.05) is 24.2 Å². The number of hydrogen-bond acceptors (Lipinski definition) is 5. The van der Waals surface area contributed by atoms with Gasteiger partial charge in [-0.2, -0.15) is 0 Å². The minimum Gasteiger partial charge on any atom is -0.364 e. The van der Waals surface area contributed by atoms with Crippen LogP contribution in [0.4, 0.5) is 5.95 Å². The maximum absolute atomic E-state index is 12.0. The predicted molar refractivity (Wildman–Crippen MR) is 105 cm³/mol. The van der Waals surface area contributed by atoms with Crippen molar-refractivity contribution in [1.82, 2.24) is 9.97 Å². The van der Waals surface area contributed by atoms with Gasteiger partial charge >= 0.3 is 0 Å². The summed E-state index contributed by atoms with van der Waals surface area (Å²) in [4.78, 5) is 22.7. The van der Waals surface area contributed by atoms with Crippen LogP contribution in [-0.2, 0) is 0 Å². The predicted octanol–water partition coefficient (Wildman–Crippen LogP) is 3.52. The number of nitrogens with zero attached hydrogens (tertiary/aromatic N) is 3. The number of rotatable bonds is 3. The Balaban J connectivity index is 2.08. The fourth-order valence-electron chi connectivity index (χ4n) is 2.90. The van der Waals surface area contributed by atoms with E-state index < -0.39 is 5.91 Å². The lowest BCUT2D eigenvalue weighted by Gasteiger charge is -2.36. The molecule has 6 nitrogen and oxygen atoms in total. The van der Waals surface area contributed by atoms with Gasteiger partial charge in [0.1, 0.15) is 10.8 Å². The second kappa shape index (κ2) is 7.19. The zero-order valence-corrected chi connectivity index (χ0v) is 16.4. The van der Waals surface area contributed by atoms with Crippen molar-refractivity contribution in [3.05, 3.63) is 39.1 Å². The molecule has 0 unspecified atom stereocenters. The van der Waals surface area contributed by atoms with Gasteiger partial charge in [0.25, 0.3) is 5.91 Å². The van der Waals surface area contributed by atoms with Crippen molar-refractivity contribution >= 4 is 46.7 Å². The number of halogens is 3. The van der Waals surface area contributed by atoms with Gasteiger partial charge in [0.2, 0.25) is 5.95 Å². The number of carbonyl (C=O) groups is 1. The lowest BCUT2D eigenvalue weighted by atomic mass is 9.91. The number of hydrogen-bond donors (Lipinski definition) is 2. The molecule has 0 aliphatic carbocycles. The Labute approximate surface area is 166 Å². The van der Waals surface area contributed by atoms with Crippen molar-refractivity contribution in [2.24, 2.45) is 11.5 Å². The van der Waals surface area contributed by atoms with E-state index >= 15 is 0 Å². The minimum absolute atomic E-state index is 0.00486. The number of nitrogens with two attached hydrogens (primary N) is 2. The van der Waals surface area contributed by atoms with Gasteiger partial charge < -0.3 is 16.4 Å². The lowest BCUT2D eigenvalue weighted by Crippen LogP contribution is -2.48. The van der Waals surface area contributed by atoms with E-state index in [1.54, 1.807) is 18.2 Å². The molecule has 4 N–H and O–H groups in total. The molecular formula is C17H18Cl3N5O. The Kier molecular flexibility index (Phi) is 5.30. The molecule has 9 heteroatoms. The van der Waals surface area contributed by atoms with Crippen molar-refractivity contribution in [1.29, 1.82) is 0 Å². The maximum atomic E-state index is 12.0. The summed E-state index contributed by atoms with van der Waals surface area (Å²) in [7, 11) is 0. The molecule has 0 radical (unpaired) electrons. The van der Waals surface area contributed by atoms with Crippen LogP contribution in [0.5, 0.6) is 0 Å². The Bertz CT molecular complexity index is 862.